The maximum atomic E-state index is 11.3. The zero-order valence-electron chi connectivity index (χ0n) is 10.8. The van der Waals surface area contributed by atoms with Crippen LogP contribution in [0.15, 0.2) is 0 Å². The summed E-state index contributed by atoms with van der Waals surface area (Å²) in [7, 11) is 1.35. The molecule has 0 aromatic carbocycles. The Labute approximate surface area is 106 Å². The fraction of sp³-hybridized carbons (Fsp3) is 0.727. The average molecular weight is 257 g/mol. The van der Waals surface area contributed by atoms with Crippen molar-refractivity contribution in [1.29, 1.82) is 0 Å². The normalized spacial score (nSPS) is 15.2. The van der Waals surface area contributed by atoms with Crippen LogP contribution in [0, 0.1) is 0 Å². The van der Waals surface area contributed by atoms with Gasteiger partial charge in [0.25, 0.3) is 0 Å². The molecule has 0 radical (unpaired) electrons. The van der Waals surface area contributed by atoms with Crippen molar-refractivity contribution >= 4 is 17.9 Å². The summed E-state index contributed by atoms with van der Waals surface area (Å²) in [6.07, 6.45) is 0.310. The van der Waals surface area contributed by atoms with Gasteiger partial charge in [0.2, 0.25) is 5.91 Å². The maximum absolute atomic E-state index is 11.3. The van der Waals surface area contributed by atoms with Crippen LogP contribution in [-0.2, 0) is 14.3 Å². The average Bonchev–Trinajstić information content (AvgIpc) is 2.69. The molecule has 0 aliphatic carbocycles. The van der Waals surface area contributed by atoms with Gasteiger partial charge in [-0.25, -0.2) is 4.79 Å². The Morgan fingerprint density at radius 1 is 1.44 bits per heavy atom. The lowest BCUT2D eigenvalue weighted by molar-refractivity contribution is -0.141. The second kappa shape index (κ2) is 6.95. The van der Waals surface area contributed by atoms with Crippen molar-refractivity contribution in [3.63, 3.8) is 0 Å². The number of carbonyl (C=O) groups excluding carboxylic acids is 3. The van der Waals surface area contributed by atoms with Gasteiger partial charge in [-0.3, -0.25) is 14.5 Å². The second-order valence-corrected chi connectivity index (χ2v) is 3.96. The number of imide groups is 1. The van der Waals surface area contributed by atoms with Gasteiger partial charge in [-0.1, -0.05) is 6.92 Å². The number of esters is 1. The largest absolute Gasteiger partial charge is 0.469 e. The fourth-order valence-corrected chi connectivity index (χ4v) is 1.70. The first-order valence-electron chi connectivity index (χ1n) is 5.95. The van der Waals surface area contributed by atoms with Gasteiger partial charge in [-0.2, -0.15) is 0 Å². The third-order valence-corrected chi connectivity index (χ3v) is 2.88. The van der Waals surface area contributed by atoms with Gasteiger partial charge in [-0.15, -0.1) is 0 Å². The number of hydrogen-bond acceptors (Lipinski definition) is 5. The lowest BCUT2D eigenvalue weighted by Crippen LogP contribution is -2.39. The quantitative estimate of drug-likeness (QED) is 0.488. The zero-order chi connectivity index (χ0) is 13.5. The van der Waals surface area contributed by atoms with Gasteiger partial charge in [0.05, 0.1) is 20.1 Å². The molecule has 7 nitrogen and oxygen atoms in total. The standard InChI is InChI=1S/C11H19N3O4/c1-3-13(5-4-10(16)18-2)6-7-14-9(15)8-12-11(14)17/h3-8H2,1-2H3,(H,12,17). The van der Waals surface area contributed by atoms with Crippen molar-refractivity contribution in [2.75, 3.05) is 39.8 Å². The van der Waals surface area contributed by atoms with Crippen LogP contribution in [0.25, 0.3) is 0 Å². The van der Waals surface area contributed by atoms with Crippen molar-refractivity contribution in [1.82, 2.24) is 15.1 Å². The highest BCUT2D eigenvalue weighted by Gasteiger charge is 2.28. The van der Waals surface area contributed by atoms with Gasteiger partial charge in [0.15, 0.2) is 0 Å². The van der Waals surface area contributed by atoms with E-state index in [9.17, 15) is 14.4 Å². The van der Waals surface area contributed by atoms with Crippen LogP contribution in [0.5, 0.6) is 0 Å². The molecule has 102 valence electrons. The summed E-state index contributed by atoms with van der Waals surface area (Å²) < 4.78 is 4.56. The molecule has 1 heterocycles. The first kappa shape index (κ1) is 14.4. The molecule has 1 saturated heterocycles. The Morgan fingerprint density at radius 3 is 2.67 bits per heavy atom. The third-order valence-electron chi connectivity index (χ3n) is 2.88. The minimum absolute atomic E-state index is 0.0765. The molecular formula is C11H19N3O4. The Bertz CT molecular complexity index is 316. The molecule has 0 unspecified atom stereocenters. The molecule has 1 N–H and O–H groups in total. The summed E-state index contributed by atoms with van der Waals surface area (Å²) in [6, 6.07) is -0.343. The van der Waals surface area contributed by atoms with Crippen LogP contribution in [-0.4, -0.2) is 67.5 Å². The highest BCUT2D eigenvalue weighted by atomic mass is 16.5. The van der Waals surface area contributed by atoms with E-state index < -0.39 is 0 Å². The van der Waals surface area contributed by atoms with Crippen molar-refractivity contribution in [3.05, 3.63) is 0 Å². The monoisotopic (exact) mass is 257 g/mol. The number of carbonyl (C=O) groups is 3. The van der Waals surface area contributed by atoms with Gasteiger partial charge >= 0.3 is 12.0 Å². The van der Waals surface area contributed by atoms with Gasteiger partial charge in [-0.05, 0) is 6.54 Å². The van der Waals surface area contributed by atoms with Crippen molar-refractivity contribution in [2.24, 2.45) is 0 Å². The van der Waals surface area contributed by atoms with E-state index in [2.05, 4.69) is 10.1 Å². The van der Waals surface area contributed by atoms with E-state index in [1.54, 1.807) is 0 Å². The summed E-state index contributed by atoms with van der Waals surface area (Å²) >= 11 is 0. The van der Waals surface area contributed by atoms with Crippen molar-refractivity contribution in [2.45, 2.75) is 13.3 Å². The van der Waals surface area contributed by atoms with Crippen LogP contribution in [0.2, 0.25) is 0 Å². The predicted molar refractivity (Wildman–Crippen MR) is 63.9 cm³/mol. The van der Waals surface area contributed by atoms with E-state index >= 15 is 0 Å². The molecule has 18 heavy (non-hydrogen) atoms. The van der Waals surface area contributed by atoms with E-state index in [0.29, 0.717) is 26.1 Å². The van der Waals surface area contributed by atoms with Crippen LogP contribution in [0.3, 0.4) is 0 Å². The molecule has 0 saturated carbocycles. The SMILES string of the molecule is CCN(CCC(=O)OC)CCN1C(=O)CNC1=O. The molecule has 0 aromatic rings. The summed E-state index contributed by atoms with van der Waals surface area (Å²) in [5.41, 5.74) is 0. The van der Waals surface area contributed by atoms with Crippen LogP contribution >= 0.6 is 0 Å². The highest BCUT2D eigenvalue weighted by molar-refractivity contribution is 6.01. The maximum Gasteiger partial charge on any atom is 0.324 e. The molecule has 1 fully saturated rings. The smallest absolute Gasteiger partial charge is 0.324 e. The van der Waals surface area contributed by atoms with Crippen LogP contribution in [0.1, 0.15) is 13.3 Å². The molecule has 0 atom stereocenters. The Morgan fingerprint density at radius 2 is 2.17 bits per heavy atom. The van der Waals surface area contributed by atoms with Gasteiger partial charge < -0.3 is 15.0 Å². The Balaban J connectivity index is 2.32. The third kappa shape index (κ3) is 3.99. The molecule has 0 aromatic heterocycles. The van der Waals surface area contributed by atoms with E-state index in [0.717, 1.165) is 6.54 Å². The number of methoxy groups -OCH3 is 1. The summed E-state index contributed by atoms with van der Waals surface area (Å²) in [4.78, 5) is 36.9. The van der Waals surface area contributed by atoms with Crippen molar-refractivity contribution < 1.29 is 19.1 Å². The molecule has 0 bridgehead atoms. The summed E-state index contributed by atoms with van der Waals surface area (Å²) in [6.45, 7) is 4.26. The first-order chi connectivity index (χ1) is 8.58. The van der Waals surface area contributed by atoms with E-state index in [-0.39, 0.29) is 24.5 Å². The fourth-order valence-electron chi connectivity index (χ4n) is 1.70. The lowest BCUT2D eigenvalue weighted by atomic mass is 10.3. The minimum Gasteiger partial charge on any atom is -0.469 e. The topological polar surface area (TPSA) is 79.0 Å². The van der Waals surface area contributed by atoms with E-state index in [1.807, 2.05) is 11.8 Å². The number of hydrogen-bond donors (Lipinski definition) is 1. The summed E-state index contributed by atoms with van der Waals surface area (Å²) in [5, 5.41) is 2.47. The van der Waals surface area contributed by atoms with Crippen LogP contribution in [0.4, 0.5) is 4.79 Å². The number of likely N-dealkylation sites (N-methyl/N-ethyl adjacent to an activating group) is 1. The number of ether oxygens (including phenoxy) is 1. The molecule has 1 aliphatic heterocycles. The summed E-state index contributed by atoms with van der Waals surface area (Å²) in [5.74, 6) is -0.465. The molecule has 7 heteroatoms. The number of amides is 3. The number of nitrogens with zero attached hydrogens (tertiary/aromatic N) is 2. The molecule has 3 amide bonds. The number of nitrogens with one attached hydrogen (secondary N) is 1. The molecular weight excluding hydrogens is 238 g/mol. The minimum atomic E-state index is -0.343. The Kier molecular flexibility index (Phi) is 5.57. The molecule has 0 spiro atoms. The number of urea groups is 1. The molecule has 1 rings (SSSR count). The predicted octanol–water partition coefficient (Wildman–Crippen LogP) is -0.577. The second-order valence-electron chi connectivity index (χ2n) is 3.96. The Hall–Kier alpha value is -1.63. The zero-order valence-corrected chi connectivity index (χ0v) is 10.8. The van der Waals surface area contributed by atoms with E-state index in [1.165, 1.54) is 12.0 Å². The van der Waals surface area contributed by atoms with Crippen molar-refractivity contribution in [3.8, 4) is 0 Å². The number of rotatable bonds is 7. The molecule has 1 aliphatic rings. The highest BCUT2D eigenvalue weighted by Crippen LogP contribution is 2.00. The lowest BCUT2D eigenvalue weighted by Gasteiger charge is -2.22. The van der Waals surface area contributed by atoms with E-state index in [4.69, 9.17) is 0 Å². The van der Waals surface area contributed by atoms with Gasteiger partial charge in [0.1, 0.15) is 0 Å². The first-order valence-corrected chi connectivity index (χ1v) is 5.95. The van der Waals surface area contributed by atoms with Crippen LogP contribution < -0.4 is 5.32 Å². The van der Waals surface area contributed by atoms with Gasteiger partial charge in [0, 0.05) is 19.6 Å².